The Morgan fingerprint density at radius 2 is 2.18 bits per heavy atom. The molecule has 0 spiro atoms. The first kappa shape index (κ1) is 14.9. The van der Waals surface area contributed by atoms with Crippen LogP contribution in [0.1, 0.15) is 16.9 Å². The molecule has 0 atom stereocenters. The zero-order valence-corrected chi connectivity index (χ0v) is 13.8. The Kier molecular flexibility index (Phi) is 4.04. The molecule has 8 heteroatoms. The molecule has 0 saturated heterocycles. The Balaban J connectivity index is 1.77. The van der Waals surface area contributed by atoms with Gasteiger partial charge in [0.15, 0.2) is 5.13 Å². The van der Waals surface area contributed by atoms with Gasteiger partial charge < -0.3 is 5.32 Å². The Morgan fingerprint density at radius 3 is 2.91 bits per heavy atom. The van der Waals surface area contributed by atoms with E-state index in [9.17, 15) is 9.59 Å². The van der Waals surface area contributed by atoms with E-state index in [0.717, 1.165) is 15.3 Å². The first-order valence-electron chi connectivity index (χ1n) is 6.70. The Labute approximate surface area is 134 Å². The molecule has 3 aromatic rings. The number of hydrogen-bond donors (Lipinski definition) is 1. The molecule has 114 valence electrons. The lowest BCUT2D eigenvalue weighted by molar-refractivity contribution is -0.116. The summed E-state index contributed by atoms with van der Waals surface area (Å²) < 4.78 is 1.49. The second kappa shape index (κ2) is 5.98. The van der Waals surface area contributed by atoms with Crippen molar-refractivity contribution in [3.8, 4) is 0 Å². The van der Waals surface area contributed by atoms with Crippen molar-refractivity contribution in [2.45, 2.75) is 26.8 Å². The van der Waals surface area contributed by atoms with Crippen molar-refractivity contribution in [3.05, 3.63) is 38.7 Å². The van der Waals surface area contributed by atoms with Gasteiger partial charge in [0, 0.05) is 29.4 Å². The Morgan fingerprint density at radius 1 is 1.36 bits per heavy atom. The number of carbonyl (C=O) groups excluding carboxylic acids is 1. The summed E-state index contributed by atoms with van der Waals surface area (Å²) in [6.07, 6.45) is 3.34. The molecule has 0 saturated carbocycles. The fourth-order valence-electron chi connectivity index (χ4n) is 2.12. The summed E-state index contributed by atoms with van der Waals surface area (Å²) in [6.45, 7) is 4.21. The number of amides is 1. The van der Waals surface area contributed by atoms with Crippen molar-refractivity contribution < 1.29 is 4.79 Å². The van der Waals surface area contributed by atoms with Crippen molar-refractivity contribution in [3.63, 3.8) is 0 Å². The average Bonchev–Trinajstić information content (AvgIpc) is 3.08. The minimum absolute atomic E-state index is 0.0890. The van der Waals surface area contributed by atoms with Crippen LogP contribution in [-0.4, -0.2) is 20.4 Å². The van der Waals surface area contributed by atoms with Gasteiger partial charge in [-0.25, -0.2) is 9.97 Å². The average molecular weight is 334 g/mol. The smallest absolute Gasteiger partial charge is 0.262 e. The molecule has 3 aromatic heterocycles. The predicted octanol–water partition coefficient (Wildman–Crippen LogP) is 2.56. The highest BCUT2D eigenvalue weighted by atomic mass is 32.1. The molecular weight excluding hydrogens is 320 g/mol. The van der Waals surface area contributed by atoms with Crippen molar-refractivity contribution in [2.75, 3.05) is 5.32 Å². The monoisotopic (exact) mass is 334 g/mol. The molecule has 0 aliphatic carbocycles. The molecule has 0 aliphatic rings. The molecule has 0 bridgehead atoms. The molecule has 0 aliphatic heterocycles. The quantitative estimate of drug-likeness (QED) is 0.795. The van der Waals surface area contributed by atoms with E-state index in [-0.39, 0.29) is 17.9 Å². The van der Waals surface area contributed by atoms with E-state index in [0.29, 0.717) is 17.1 Å². The SMILES string of the molecule is Cc1sc2ncn(CCC(=O)Nc3nccs3)c(=O)c2c1C. The lowest BCUT2D eigenvalue weighted by atomic mass is 10.2. The number of nitrogens with zero attached hydrogens (tertiary/aromatic N) is 3. The maximum atomic E-state index is 12.5. The lowest BCUT2D eigenvalue weighted by Gasteiger charge is -2.05. The zero-order valence-electron chi connectivity index (χ0n) is 12.1. The highest BCUT2D eigenvalue weighted by molar-refractivity contribution is 7.18. The first-order chi connectivity index (χ1) is 10.6. The molecular formula is C14H14N4O2S2. The van der Waals surface area contributed by atoms with Crippen LogP contribution in [0.4, 0.5) is 5.13 Å². The number of aryl methyl sites for hydroxylation is 3. The minimum Gasteiger partial charge on any atom is -0.302 e. The molecule has 1 amide bonds. The fourth-order valence-corrected chi connectivity index (χ4v) is 3.65. The number of nitrogens with one attached hydrogen (secondary N) is 1. The maximum absolute atomic E-state index is 12.5. The highest BCUT2D eigenvalue weighted by Crippen LogP contribution is 2.25. The van der Waals surface area contributed by atoms with E-state index < -0.39 is 0 Å². The van der Waals surface area contributed by atoms with Crippen molar-refractivity contribution >= 4 is 43.9 Å². The highest BCUT2D eigenvalue weighted by Gasteiger charge is 2.13. The summed E-state index contributed by atoms with van der Waals surface area (Å²) in [5.41, 5.74) is 0.882. The number of thiazole rings is 1. The Bertz CT molecular complexity index is 880. The number of thiophene rings is 1. The van der Waals surface area contributed by atoms with Crippen LogP contribution < -0.4 is 10.9 Å². The molecule has 3 rings (SSSR count). The number of fused-ring (bicyclic) bond motifs is 1. The van der Waals surface area contributed by atoms with Gasteiger partial charge in [-0.15, -0.1) is 22.7 Å². The van der Waals surface area contributed by atoms with E-state index in [2.05, 4.69) is 15.3 Å². The second-order valence-corrected chi connectivity index (χ2v) is 6.94. The largest absolute Gasteiger partial charge is 0.302 e. The summed E-state index contributed by atoms with van der Waals surface area (Å²) >= 11 is 2.88. The molecule has 6 nitrogen and oxygen atoms in total. The van der Waals surface area contributed by atoms with Crippen molar-refractivity contribution in [1.82, 2.24) is 14.5 Å². The van der Waals surface area contributed by atoms with Crippen molar-refractivity contribution in [1.29, 1.82) is 0 Å². The van der Waals surface area contributed by atoms with Gasteiger partial charge in [-0.3, -0.25) is 14.2 Å². The number of rotatable bonds is 4. The normalized spacial score (nSPS) is 11.0. The standard InChI is InChI=1S/C14H14N4O2S2/c1-8-9(2)22-12-11(8)13(20)18(7-16-12)5-3-10(19)17-14-15-4-6-21-14/h4,6-7H,3,5H2,1-2H3,(H,15,17,19). The molecule has 22 heavy (non-hydrogen) atoms. The van der Waals surface area contributed by atoms with Crippen molar-refractivity contribution in [2.24, 2.45) is 0 Å². The molecule has 3 heterocycles. The molecule has 1 N–H and O–H groups in total. The minimum atomic E-state index is -0.167. The van der Waals surface area contributed by atoms with E-state index in [1.807, 2.05) is 13.8 Å². The number of aromatic nitrogens is 3. The predicted molar refractivity (Wildman–Crippen MR) is 88.7 cm³/mol. The van der Waals surface area contributed by atoms with Gasteiger partial charge >= 0.3 is 0 Å². The van der Waals surface area contributed by atoms with Gasteiger partial charge in [-0.1, -0.05) is 0 Å². The van der Waals surface area contributed by atoms with Crippen LogP contribution in [0.3, 0.4) is 0 Å². The summed E-state index contributed by atoms with van der Waals surface area (Å²) in [4.78, 5) is 34.5. The van der Waals surface area contributed by atoms with E-state index in [1.54, 1.807) is 11.6 Å². The summed E-state index contributed by atoms with van der Waals surface area (Å²) in [5, 5.41) is 5.71. The van der Waals surface area contributed by atoms with E-state index in [1.165, 1.54) is 33.6 Å². The zero-order chi connectivity index (χ0) is 15.7. The van der Waals surface area contributed by atoms with Crippen LogP contribution in [0.15, 0.2) is 22.7 Å². The fraction of sp³-hybridized carbons (Fsp3) is 0.286. The van der Waals surface area contributed by atoms with Crippen LogP contribution in [0, 0.1) is 13.8 Å². The van der Waals surface area contributed by atoms with Gasteiger partial charge in [0.2, 0.25) is 5.91 Å². The summed E-state index contributed by atoms with van der Waals surface area (Å²) in [5.74, 6) is -0.167. The van der Waals surface area contributed by atoms with Crippen LogP contribution in [0.5, 0.6) is 0 Å². The second-order valence-electron chi connectivity index (χ2n) is 4.84. The van der Waals surface area contributed by atoms with E-state index >= 15 is 0 Å². The van der Waals surface area contributed by atoms with Crippen LogP contribution >= 0.6 is 22.7 Å². The summed E-state index contributed by atoms with van der Waals surface area (Å²) in [6, 6.07) is 0. The van der Waals surface area contributed by atoms with Gasteiger partial charge in [-0.05, 0) is 19.4 Å². The molecule has 0 fully saturated rings. The van der Waals surface area contributed by atoms with Gasteiger partial charge in [0.1, 0.15) is 4.83 Å². The van der Waals surface area contributed by atoms with Gasteiger partial charge in [-0.2, -0.15) is 0 Å². The van der Waals surface area contributed by atoms with Crippen LogP contribution in [0.2, 0.25) is 0 Å². The van der Waals surface area contributed by atoms with Gasteiger partial charge in [0.25, 0.3) is 5.56 Å². The van der Waals surface area contributed by atoms with E-state index in [4.69, 9.17) is 0 Å². The first-order valence-corrected chi connectivity index (χ1v) is 8.40. The number of anilines is 1. The maximum Gasteiger partial charge on any atom is 0.262 e. The topological polar surface area (TPSA) is 76.9 Å². The Hall–Kier alpha value is -2.06. The summed E-state index contributed by atoms with van der Waals surface area (Å²) in [7, 11) is 0. The van der Waals surface area contributed by atoms with Crippen LogP contribution in [0.25, 0.3) is 10.2 Å². The van der Waals surface area contributed by atoms with Crippen LogP contribution in [-0.2, 0) is 11.3 Å². The number of carbonyl (C=O) groups is 1. The lowest BCUT2D eigenvalue weighted by Crippen LogP contribution is -2.23. The molecule has 0 radical (unpaired) electrons. The molecule has 0 unspecified atom stereocenters. The third-order valence-electron chi connectivity index (χ3n) is 3.41. The third kappa shape index (κ3) is 2.79. The molecule has 0 aromatic carbocycles. The number of hydrogen-bond acceptors (Lipinski definition) is 6. The third-order valence-corrected chi connectivity index (χ3v) is 5.22. The van der Waals surface area contributed by atoms with Gasteiger partial charge in [0.05, 0.1) is 11.7 Å².